The van der Waals surface area contributed by atoms with Crippen LogP contribution in [0.2, 0.25) is 5.28 Å². The second kappa shape index (κ2) is 5.39. The number of nitrogens with zero attached hydrogens (tertiary/aromatic N) is 2. The molecule has 1 aromatic heterocycles. The summed E-state index contributed by atoms with van der Waals surface area (Å²) in [7, 11) is 1.37. The van der Waals surface area contributed by atoms with Crippen LogP contribution >= 0.6 is 11.6 Å². The summed E-state index contributed by atoms with van der Waals surface area (Å²) in [6.07, 6.45) is 0. The van der Waals surface area contributed by atoms with Crippen LogP contribution in [0.1, 0.15) is 11.9 Å². The van der Waals surface area contributed by atoms with E-state index in [2.05, 4.69) is 14.7 Å². The van der Waals surface area contributed by atoms with E-state index in [9.17, 15) is 4.79 Å². The number of aromatic carboxylic acids is 1. The van der Waals surface area contributed by atoms with Crippen molar-refractivity contribution < 1.29 is 45.6 Å². The minimum atomic E-state index is -1.17. The average molecular weight is 213 g/mol. The zero-order chi connectivity index (χ0) is 9.14. The molecule has 0 radical (unpaired) electrons. The molecule has 0 aliphatic carbocycles. The van der Waals surface area contributed by atoms with Crippen molar-refractivity contribution in [3.8, 4) is 5.88 Å². The first-order valence-corrected chi connectivity index (χ1v) is 3.33. The van der Waals surface area contributed by atoms with Crippen LogP contribution in [-0.2, 0) is 0 Å². The van der Waals surface area contributed by atoms with Crippen molar-refractivity contribution in [3.05, 3.63) is 17.0 Å². The van der Waals surface area contributed by atoms with Crippen LogP contribution in [0.4, 0.5) is 0 Å². The van der Waals surface area contributed by atoms with Gasteiger partial charge in [-0.1, -0.05) is 0 Å². The molecule has 1 N–H and O–H groups in total. The van der Waals surface area contributed by atoms with Crippen LogP contribution in [0.25, 0.3) is 0 Å². The van der Waals surface area contributed by atoms with E-state index in [1.807, 2.05) is 0 Å². The van der Waals surface area contributed by atoms with E-state index in [0.717, 1.165) is 0 Å². The van der Waals surface area contributed by atoms with Crippen molar-refractivity contribution in [1.29, 1.82) is 0 Å². The van der Waals surface area contributed by atoms with Crippen LogP contribution < -0.4 is 34.3 Å². The summed E-state index contributed by atoms with van der Waals surface area (Å²) in [6, 6.07) is 1.19. The largest absolute Gasteiger partial charge is 1.00 e. The monoisotopic (exact) mass is 212 g/mol. The van der Waals surface area contributed by atoms with Gasteiger partial charge in [0.2, 0.25) is 11.2 Å². The average Bonchev–Trinajstić information content (AvgIpc) is 2.03. The fourth-order valence-corrected chi connectivity index (χ4v) is 0.785. The quantitative estimate of drug-likeness (QED) is 0.452. The molecule has 0 aliphatic rings. The van der Waals surface area contributed by atoms with Gasteiger partial charge in [-0.25, -0.2) is 9.78 Å². The van der Waals surface area contributed by atoms with E-state index in [1.165, 1.54) is 13.2 Å². The molecule has 1 heterocycles. The van der Waals surface area contributed by atoms with E-state index in [-0.39, 0.29) is 47.8 Å². The first-order valence-electron chi connectivity index (χ1n) is 2.95. The van der Waals surface area contributed by atoms with E-state index < -0.39 is 5.97 Å². The molecule has 66 valence electrons. The molecular formula is C6H6ClN2NaO3. The molecule has 1 aromatic rings. The Kier molecular flexibility index (Phi) is 5.24. The molecule has 7 heteroatoms. The first kappa shape index (κ1) is 12.6. The van der Waals surface area contributed by atoms with Gasteiger partial charge in [0.1, 0.15) is 0 Å². The van der Waals surface area contributed by atoms with Gasteiger partial charge in [-0.2, -0.15) is 4.98 Å². The summed E-state index contributed by atoms with van der Waals surface area (Å²) < 4.78 is 4.69. The third-order valence-electron chi connectivity index (χ3n) is 1.10. The molecule has 0 amide bonds. The SMILES string of the molecule is COc1cc(C(=O)O)nc(Cl)n1.[H-].[Na+]. The standard InChI is InChI=1S/C6H5ClN2O3.Na.H/c1-12-4-2-3(5(10)11)8-6(7)9-4;;/h2H,1H3,(H,10,11);;/q;+1;-1. The zero-order valence-corrected chi connectivity index (χ0v) is 9.87. The fourth-order valence-electron chi connectivity index (χ4n) is 0.611. The van der Waals surface area contributed by atoms with E-state index in [1.54, 1.807) is 0 Å². The number of hydrogen-bond donors (Lipinski definition) is 1. The van der Waals surface area contributed by atoms with Crippen LogP contribution in [-0.4, -0.2) is 28.2 Å². The molecule has 0 saturated carbocycles. The van der Waals surface area contributed by atoms with Gasteiger partial charge in [-0.15, -0.1) is 0 Å². The smallest absolute Gasteiger partial charge is 1.00 e. The molecule has 13 heavy (non-hydrogen) atoms. The maximum absolute atomic E-state index is 10.4. The Morgan fingerprint density at radius 3 is 2.77 bits per heavy atom. The number of rotatable bonds is 2. The summed E-state index contributed by atoms with van der Waals surface area (Å²) >= 11 is 5.41. The van der Waals surface area contributed by atoms with Crippen molar-refractivity contribution >= 4 is 17.6 Å². The number of carboxylic acids is 1. The second-order valence-electron chi connectivity index (χ2n) is 1.87. The molecule has 0 aliphatic heterocycles. The number of carboxylic acid groups (broad SMARTS) is 1. The molecule has 0 fully saturated rings. The Hall–Kier alpha value is -0.360. The van der Waals surface area contributed by atoms with Crippen LogP contribution in [0.15, 0.2) is 6.07 Å². The predicted octanol–water partition coefficient (Wildman–Crippen LogP) is -2.05. The van der Waals surface area contributed by atoms with Gasteiger partial charge < -0.3 is 11.3 Å². The molecule has 0 unspecified atom stereocenters. The summed E-state index contributed by atoms with van der Waals surface area (Å²) in [5.74, 6) is -1.04. The van der Waals surface area contributed by atoms with Gasteiger partial charge in [0, 0.05) is 6.07 Å². The number of aromatic nitrogens is 2. The molecule has 5 nitrogen and oxygen atoms in total. The van der Waals surface area contributed by atoms with Crippen LogP contribution in [0.3, 0.4) is 0 Å². The minimum Gasteiger partial charge on any atom is -1.00 e. The number of hydrogen-bond acceptors (Lipinski definition) is 4. The topological polar surface area (TPSA) is 72.3 Å². The van der Waals surface area contributed by atoms with Gasteiger partial charge in [0.25, 0.3) is 0 Å². The van der Waals surface area contributed by atoms with Crippen molar-refractivity contribution in [2.45, 2.75) is 0 Å². The van der Waals surface area contributed by atoms with Crippen molar-refractivity contribution in [1.82, 2.24) is 9.97 Å². The Bertz CT molecular complexity index is 326. The summed E-state index contributed by atoms with van der Waals surface area (Å²) in [5, 5.41) is 8.38. The van der Waals surface area contributed by atoms with Crippen molar-refractivity contribution in [3.63, 3.8) is 0 Å². The van der Waals surface area contributed by atoms with Gasteiger partial charge in [0.05, 0.1) is 7.11 Å². The molecule has 0 bridgehead atoms. The number of ether oxygens (including phenoxy) is 1. The van der Waals surface area contributed by atoms with Crippen LogP contribution in [0.5, 0.6) is 5.88 Å². The maximum Gasteiger partial charge on any atom is 1.00 e. The number of methoxy groups -OCH3 is 1. The summed E-state index contributed by atoms with van der Waals surface area (Å²) in [4.78, 5) is 17.5. The molecule has 1 rings (SSSR count). The van der Waals surface area contributed by atoms with E-state index >= 15 is 0 Å². The van der Waals surface area contributed by atoms with Gasteiger partial charge in [-0.05, 0) is 11.6 Å². The van der Waals surface area contributed by atoms with Crippen molar-refractivity contribution in [2.24, 2.45) is 0 Å². The summed E-state index contributed by atoms with van der Waals surface area (Å²) in [6.45, 7) is 0. The van der Waals surface area contributed by atoms with Crippen molar-refractivity contribution in [2.75, 3.05) is 7.11 Å². The third-order valence-corrected chi connectivity index (χ3v) is 1.27. The predicted molar refractivity (Wildman–Crippen MR) is 41.7 cm³/mol. The number of carbonyl (C=O) groups is 1. The minimum absolute atomic E-state index is 0. The van der Waals surface area contributed by atoms with Gasteiger partial charge in [-0.3, -0.25) is 0 Å². The van der Waals surface area contributed by atoms with E-state index in [4.69, 9.17) is 16.7 Å². The Balaban J connectivity index is 0. The fraction of sp³-hybridized carbons (Fsp3) is 0.167. The van der Waals surface area contributed by atoms with Crippen LogP contribution in [0, 0.1) is 0 Å². The first-order chi connectivity index (χ1) is 5.63. The Morgan fingerprint density at radius 1 is 1.69 bits per heavy atom. The van der Waals surface area contributed by atoms with Gasteiger partial charge >= 0.3 is 35.5 Å². The molecule has 0 aromatic carbocycles. The third kappa shape index (κ3) is 3.48. The second-order valence-corrected chi connectivity index (χ2v) is 2.21. The Labute approximate surface area is 103 Å². The zero-order valence-electron chi connectivity index (χ0n) is 8.11. The molecule has 0 atom stereocenters. The molecular weight excluding hydrogens is 207 g/mol. The van der Waals surface area contributed by atoms with Gasteiger partial charge in [0.15, 0.2) is 5.69 Å². The van der Waals surface area contributed by atoms with E-state index in [0.29, 0.717) is 0 Å². The molecule has 0 saturated heterocycles. The summed E-state index contributed by atoms with van der Waals surface area (Å²) in [5.41, 5.74) is -0.188. The maximum atomic E-state index is 10.4. The number of halogens is 1. The molecule has 0 spiro atoms. The Morgan fingerprint density at radius 2 is 2.31 bits per heavy atom. The normalized spacial score (nSPS) is 8.77.